The van der Waals surface area contributed by atoms with E-state index >= 15 is 0 Å². The van der Waals surface area contributed by atoms with Gasteiger partial charge in [-0.1, -0.05) is 23.7 Å². The molecule has 0 bridgehead atoms. The van der Waals surface area contributed by atoms with E-state index in [0.29, 0.717) is 16.3 Å². The first-order valence-corrected chi connectivity index (χ1v) is 8.99. The fourth-order valence-electron chi connectivity index (χ4n) is 2.08. The fraction of sp³-hybridized carbons (Fsp3) is 0.188. The van der Waals surface area contributed by atoms with E-state index < -0.39 is 21.7 Å². The number of benzene rings is 2. The molecule has 0 saturated carbocycles. The van der Waals surface area contributed by atoms with Gasteiger partial charge in [-0.3, -0.25) is 9.55 Å². The van der Waals surface area contributed by atoms with Gasteiger partial charge >= 0.3 is 0 Å². The first-order chi connectivity index (χ1) is 11.3. The van der Waals surface area contributed by atoms with Gasteiger partial charge in [0.25, 0.3) is 10.1 Å². The summed E-state index contributed by atoms with van der Waals surface area (Å²) in [6.07, 6.45) is 0.0893. The Hall–Kier alpha value is -1.96. The third kappa shape index (κ3) is 5.30. The van der Waals surface area contributed by atoms with Gasteiger partial charge < -0.3 is 5.11 Å². The van der Waals surface area contributed by atoms with Gasteiger partial charge in [0.05, 0.1) is 11.5 Å². The van der Waals surface area contributed by atoms with Gasteiger partial charge in [-0.25, -0.2) is 4.39 Å². The second-order valence-corrected chi connectivity index (χ2v) is 7.05. The summed E-state index contributed by atoms with van der Waals surface area (Å²) in [7, 11) is -4.07. The minimum atomic E-state index is -4.07. The van der Waals surface area contributed by atoms with E-state index in [2.05, 4.69) is 4.99 Å². The van der Waals surface area contributed by atoms with Crippen LogP contribution in [0.15, 0.2) is 47.5 Å². The summed E-state index contributed by atoms with van der Waals surface area (Å²) < 4.78 is 43.8. The summed E-state index contributed by atoms with van der Waals surface area (Å²) in [6, 6.07) is 10.1. The van der Waals surface area contributed by atoms with E-state index in [4.69, 9.17) is 16.2 Å². The molecule has 0 aromatic heterocycles. The van der Waals surface area contributed by atoms with Gasteiger partial charge in [0.15, 0.2) is 0 Å². The maximum atomic E-state index is 13.5. The smallest absolute Gasteiger partial charge is 0.264 e. The fourth-order valence-corrected chi connectivity index (χ4v) is 2.70. The number of nitrogens with zero attached hydrogens (tertiary/aromatic N) is 1. The Kier molecular flexibility index (Phi) is 5.93. The molecule has 2 N–H and O–H groups in total. The van der Waals surface area contributed by atoms with Gasteiger partial charge in [0.1, 0.15) is 11.6 Å². The van der Waals surface area contributed by atoms with Gasteiger partial charge in [-0.15, -0.1) is 0 Å². The Morgan fingerprint density at radius 1 is 1.17 bits per heavy atom. The Morgan fingerprint density at radius 2 is 1.83 bits per heavy atom. The highest BCUT2D eigenvalue weighted by Gasteiger charge is 2.13. The number of aromatic hydroxyl groups is 1. The predicted octanol–water partition coefficient (Wildman–Crippen LogP) is 3.30. The van der Waals surface area contributed by atoms with Crippen LogP contribution >= 0.6 is 11.6 Å². The van der Waals surface area contributed by atoms with Crippen LogP contribution in [0.25, 0.3) is 0 Å². The van der Waals surface area contributed by atoms with Crippen molar-refractivity contribution in [3.8, 4) is 5.75 Å². The Morgan fingerprint density at radius 3 is 2.46 bits per heavy atom. The maximum absolute atomic E-state index is 13.5. The average molecular weight is 372 g/mol. The minimum absolute atomic E-state index is 0.0771. The predicted molar refractivity (Wildman–Crippen MR) is 91.1 cm³/mol. The lowest BCUT2D eigenvalue weighted by molar-refractivity contribution is 0.471. The van der Waals surface area contributed by atoms with Crippen molar-refractivity contribution in [1.82, 2.24) is 0 Å². The Bertz CT molecular complexity index is 851. The summed E-state index contributed by atoms with van der Waals surface area (Å²) in [5, 5.41) is 10.5. The van der Waals surface area contributed by atoms with Gasteiger partial charge in [-0.05, 0) is 36.8 Å². The Balaban J connectivity index is 2.37. The minimum Gasteiger partial charge on any atom is -0.507 e. The molecule has 0 saturated heterocycles. The highest BCUT2D eigenvalue weighted by molar-refractivity contribution is 7.85. The van der Waals surface area contributed by atoms with Crippen LogP contribution in [0.4, 0.5) is 4.39 Å². The van der Waals surface area contributed by atoms with Crippen LogP contribution < -0.4 is 0 Å². The zero-order valence-corrected chi connectivity index (χ0v) is 14.1. The molecule has 0 radical (unpaired) electrons. The molecule has 0 spiro atoms. The zero-order chi connectivity index (χ0) is 17.7. The lowest BCUT2D eigenvalue weighted by Gasteiger charge is -2.10. The van der Waals surface area contributed by atoms with E-state index in [1.165, 1.54) is 6.07 Å². The molecule has 0 fully saturated rings. The van der Waals surface area contributed by atoms with Crippen molar-refractivity contribution in [2.24, 2.45) is 4.99 Å². The molecule has 5 nitrogen and oxygen atoms in total. The third-order valence-electron chi connectivity index (χ3n) is 3.16. The molecule has 0 aliphatic rings. The van der Waals surface area contributed by atoms with Crippen LogP contribution in [-0.4, -0.2) is 36.1 Å². The van der Waals surface area contributed by atoms with Crippen molar-refractivity contribution >= 4 is 27.4 Å². The molecule has 24 heavy (non-hydrogen) atoms. The molecular weight excluding hydrogens is 357 g/mol. The summed E-state index contributed by atoms with van der Waals surface area (Å²) in [5.41, 5.74) is 1.08. The van der Waals surface area contributed by atoms with Crippen LogP contribution in [0.2, 0.25) is 5.02 Å². The van der Waals surface area contributed by atoms with E-state index in [1.807, 2.05) is 0 Å². The highest BCUT2D eigenvalue weighted by Crippen LogP contribution is 2.23. The second kappa shape index (κ2) is 7.74. The SMILES string of the molecule is O=S(=O)(O)CCCN=C(c1ccc(Cl)cc1)c1cc(F)ccc1O. The number of rotatable bonds is 6. The van der Waals surface area contributed by atoms with E-state index in [9.17, 15) is 17.9 Å². The Labute approximate surface area is 144 Å². The number of hydrogen-bond donors (Lipinski definition) is 2. The van der Waals surface area contributed by atoms with E-state index in [1.54, 1.807) is 24.3 Å². The van der Waals surface area contributed by atoms with Gasteiger partial charge in [0, 0.05) is 22.7 Å². The molecule has 2 rings (SSSR count). The summed E-state index contributed by atoms with van der Waals surface area (Å²) in [4.78, 5) is 4.27. The topological polar surface area (TPSA) is 87.0 Å². The first kappa shape index (κ1) is 18.4. The zero-order valence-electron chi connectivity index (χ0n) is 12.5. The van der Waals surface area contributed by atoms with Crippen molar-refractivity contribution in [3.05, 3.63) is 64.4 Å². The molecule has 0 aliphatic heterocycles. The van der Waals surface area contributed by atoms with Crippen LogP contribution in [0, 0.1) is 5.82 Å². The number of aliphatic imine (C=N–C) groups is 1. The molecule has 0 heterocycles. The number of phenols is 1. The molecule has 2 aromatic rings. The first-order valence-electron chi connectivity index (χ1n) is 7.01. The van der Waals surface area contributed by atoms with E-state index in [0.717, 1.165) is 12.1 Å². The van der Waals surface area contributed by atoms with Crippen LogP contribution in [0.5, 0.6) is 5.75 Å². The monoisotopic (exact) mass is 371 g/mol. The van der Waals surface area contributed by atoms with Gasteiger partial charge in [-0.2, -0.15) is 8.42 Å². The molecule has 2 aromatic carbocycles. The van der Waals surface area contributed by atoms with Crippen molar-refractivity contribution in [1.29, 1.82) is 0 Å². The summed E-state index contributed by atoms with van der Waals surface area (Å²) in [5.74, 6) is -1.12. The van der Waals surface area contributed by atoms with Crippen molar-refractivity contribution in [3.63, 3.8) is 0 Å². The lowest BCUT2D eigenvalue weighted by atomic mass is 10.0. The summed E-state index contributed by atoms with van der Waals surface area (Å²) >= 11 is 5.85. The maximum Gasteiger partial charge on any atom is 0.264 e. The molecule has 0 atom stereocenters. The molecular formula is C16H15ClFNO4S. The standard InChI is InChI=1S/C16H15ClFNO4S/c17-12-4-2-11(3-5-12)16(19-8-1-9-24(21,22)23)14-10-13(18)6-7-15(14)20/h2-7,10,20H,1,8-9H2,(H,21,22,23). The highest BCUT2D eigenvalue weighted by atomic mass is 35.5. The van der Waals surface area contributed by atoms with Crippen molar-refractivity contribution in [2.45, 2.75) is 6.42 Å². The molecule has 8 heteroatoms. The van der Waals surface area contributed by atoms with Crippen molar-refractivity contribution in [2.75, 3.05) is 12.3 Å². The number of phenolic OH excluding ortho intramolecular Hbond substituents is 1. The number of hydrogen-bond acceptors (Lipinski definition) is 4. The normalized spacial score (nSPS) is 12.4. The summed E-state index contributed by atoms with van der Waals surface area (Å²) in [6.45, 7) is 0.0771. The van der Waals surface area contributed by atoms with E-state index in [-0.39, 0.29) is 24.3 Å². The molecule has 0 aliphatic carbocycles. The van der Waals surface area contributed by atoms with Crippen LogP contribution in [0.3, 0.4) is 0 Å². The quantitative estimate of drug-likeness (QED) is 0.463. The lowest BCUT2D eigenvalue weighted by Crippen LogP contribution is -2.08. The van der Waals surface area contributed by atoms with Gasteiger partial charge in [0.2, 0.25) is 0 Å². The van der Waals surface area contributed by atoms with Crippen molar-refractivity contribution < 1.29 is 22.5 Å². The molecule has 0 unspecified atom stereocenters. The molecule has 0 amide bonds. The average Bonchev–Trinajstić information content (AvgIpc) is 2.50. The second-order valence-electron chi connectivity index (χ2n) is 5.04. The largest absolute Gasteiger partial charge is 0.507 e. The number of halogens is 2. The third-order valence-corrected chi connectivity index (χ3v) is 4.22. The molecule has 128 valence electrons. The van der Waals surface area contributed by atoms with Crippen LogP contribution in [0.1, 0.15) is 17.5 Å². The van der Waals surface area contributed by atoms with Crippen LogP contribution in [-0.2, 0) is 10.1 Å².